The lowest BCUT2D eigenvalue weighted by molar-refractivity contribution is 0.372. The molecule has 0 saturated heterocycles. The molecule has 48 valence electrons. The molecule has 0 bridgehead atoms. The van der Waals surface area contributed by atoms with Crippen molar-refractivity contribution in [3.63, 3.8) is 0 Å². The largest absolute Gasteiger partial charge is 0.470 e. The summed E-state index contributed by atoms with van der Waals surface area (Å²) in [7, 11) is 0. The summed E-state index contributed by atoms with van der Waals surface area (Å²) >= 11 is 0. The fourth-order valence-electron chi connectivity index (χ4n) is 0.457. The zero-order valence-corrected chi connectivity index (χ0v) is 4.74. The number of nitrogens with two attached hydrogens (primary N) is 1. The maximum atomic E-state index is 6.93. The normalized spacial score (nSPS) is 15.3. The van der Waals surface area contributed by atoms with Crippen molar-refractivity contribution in [1.29, 1.82) is 5.41 Å². The van der Waals surface area contributed by atoms with E-state index in [4.69, 9.17) is 15.9 Å². The SMILES string of the molecule is N=C(N)N1C=COC=C1. The molecule has 0 spiro atoms. The summed E-state index contributed by atoms with van der Waals surface area (Å²) < 4.78 is 4.69. The quantitative estimate of drug-likeness (QED) is 0.358. The molecule has 4 nitrogen and oxygen atoms in total. The summed E-state index contributed by atoms with van der Waals surface area (Å²) in [5.74, 6) is -0.0224. The van der Waals surface area contributed by atoms with Gasteiger partial charge in [0.1, 0.15) is 12.5 Å². The van der Waals surface area contributed by atoms with E-state index >= 15 is 0 Å². The highest BCUT2D eigenvalue weighted by molar-refractivity contribution is 5.76. The predicted molar refractivity (Wildman–Crippen MR) is 33.1 cm³/mol. The molecule has 0 radical (unpaired) electrons. The zero-order chi connectivity index (χ0) is 6.69. The molecule has 1 aliphatic heterocycles. The summed E-state index contributed by atoms with van der Waals surface area (Å²) in [4.78, 5) is 1.43. The van der Waals surface area contributed by atoms with Gasteiger partial charge in [-0.2, -0.15) is 0 Å². The lowest BCUT2D eigenvalue weighted by Crippen LogP contribution is -2.28. The molecule has 0 aromatic carbocycles. The molecule has 0 aliphatic carbocycles. The third kappa shape index (κ3) is 1.22. The number of nitrogens with one attached hydrogen (secondary N) is 1. The minimum absolute atomic E-state index is 0.0224. The van der Waals surface area contributed by atoms with E-state index in [1.165, 1.54) is 17.4 Å². The second-order valence-electron chi connectivity index (χ2n) is 1.50. The van der Waals surface area contributed by atoms with Gasteiger partial charge in [0, 0.05) is 12.4 Å². The van der Waals surface area contributed by atoms with Gasteiger partial charge in [0.05, 0.1) is 0 Å². The fourth-order valence-corrected chi connectivity index (χ4v) is 0.457. The van der Waals surface area contributed by atoms with Crippen molar-refractivity contribution in [3.05, 3.63) is 24.9 Å². The molecular formula is C5H7N3O. The third-order valence-electron chi connectivity index (χ3n) is 0.878. The summed E-state index contributed by atoms with van der Waals surface area (Å²) in [6.45, 7) is 0. The fraction of sp³-hybridized carbons (Fsp3) is 0. The number of nitrogens with zero attached hydrogens (tertiary/aromatic N) is 1. The van der Waals surface area contributed by atoms with Crippen LogP contribution in [0.1, 0.15) is 0 Å². The highest BCUT2D eigenvalue weighted by atomic mass is 16.5. The van der Waals surface area contributed by atoms with Gasteiger partial charge in [-0.3, -0.25) is 10.3 Å². The Bertz CT molecular complexity index is 161. The molecule has 9 heavy (non-hydrogen) atoms. The van der Waals surface area contributed by atoms with Gasteiger partial charge in [-0.25, -0.2) is 0 Å². The number of guanidine groups is 1. The van der Waals surface area contributed by atoms with Crippen LogP contribution in [-0.2, 0) is 4.74 Å². The predicted octanol–water partition coefficient (Wildman–Crippen LogP) is 0.154. The first-order chi connectivity index (χ1) is 4.30. The smallest absolute Gasteiger partial charge is 0.196 e. The van der Waals surface area contributed by atoms with Crippen molar-refractivity contribution in [2.45, 2.75) is 0 Å². The van der Waals surface area contributed by atoms with Crippen molar-refractivity contribution in [3.8, 4) is 0 Å². The van der Waals surface area contributed by atoms with Gasteiger partial charge in [0.15, 0.2) is 5.96 Å². The third-order valence-corrected chi connectivity index (χ3v) is 0.878. The minimum Gasteiger partial charge on any atom is -0.470 e. The lowest BCUT2D eigenvalue weighted by atomic mass is 10.6. The van der Waals surface area contributed by atoms with E-state index < -0.39 is 0 Å². The zero-order valence-electron chi connectivity index (χ0n) is 4.74. The lowest BCUT2D eigenvalue weighted by Gasteiger charge is -2.13. The first kappa shape index (κ1) is 5.68. The van der Waals surface area contributed by atoms with Crippen LogP contribution in [0.4, 0.5) is 0 Å². The van der Waals surface area contributed by atoms with Crippen LogP contribution in [0.15, 0.2) is 24.9 Å². The molecular weight excluding hydrogens is 118 g/mol. The summed E-state index contributed by atoms with van der Waals surface area (Å²) in [5.41, 5.74) is 5.12. The molecule has 1 rings (SSSR count). The van der Waals surface area contributed by atoms with E-state index in [9.17, 15) is 0 Å². The first-order valence-electron chi connectivity index (χ1n) is 2.42. The van der Waals surface area contributed by atoms with Gasteiger partial charge in [-0.15, -0.1) is 0 Å². The molecule has 0 unspecified atom stereocenters. The highest BCUT2D eigenvalue weighted by Gasteiger charge is 1.98. The van der Waals surface area contributed by atoms with E-state index in [1.807, 2.05) is 0 Å². The monoisotopic (exact) mass is 125 g/mol. The number of hydrogen-bond acceptors (Lipinski definition) is 2. The summed E-state index contributed by atoms with van der Waals surface area (Å²) in [6.07, 6.45) is 6.01. The van der Waals surface area contributed by atoms with Crippen LogP contribution in [0.2, 0.25) is 0 Å². The van der Waals surface area contributed by atoms with Gasteiger partial charge in [0.2, 0.25) is 0 Å². The minimum atomic E-state index is -0.0224. The highest BCUT2D eigenvalue weighted by Crippen LogP contribution is 1.97. The maximum Gasteiger partial charge on any atom is 0.196 e. The van der Waals surface area contributed by atoms with E-state index in [0.29, 0.717) is 0 Å². The molecule has 0 aromatic rings. The Balaban J connectivity index is 2.60. The van der Waals surface area contributed by atoms with Crippen LogP contribution >= 0.6 is 0 Å². The van der Waals surface area contributed by atoms with Crippen LogP contribution in [0.3, 0.4) is 0 Å². The number of ether oxygens (including phenoxy) is 1. The second kappa shape index (κ2) is 2.21. The van der Waals surface area contributed by atoms with Crippen molar-refractivity contribution < 1.29 is 4.74 Å². The first-order valence-corrected chi connectivity index (χ1v) is 2.42. The molecule has 0 amide bonds. The van der Waals surface area contributed by atoms with Crippen molar-refractivity contribution in [1.82, 2.24) is 4.90 Å². The molecule has 1 aliphatic rings. The van der Waals surface area contributed by atoms with Gasteiger partial charge in [-0.1, -0.05) is 0 Å². The topological polar surface area (TPSA) is 62.3 Å². The van der Waals surface area contributed by atoms with Gasteiger partial charge < -0.3 is 10.5 Å². The van der Waals surface area contributed by atoms with Gasteiger partial charge >= 0.3 is 0 Å². The average Bonchev–Trinajstić information content (AvgIpc) is 1.90. The van der Waals surface area contributed by atoms with Crippen LogP contribution < -0.4 is 5.73 Å². The molecule has 1 heterocycles. The molecule has 0 aromatic heterocycles. The number of hydrogen-bond donors (Lipinski definition) is 2. The summed E-state index contributed by atoms with van der Waals surface area (Å²) in [5, 5.41) is 6.93. The Labute approximate surface area is 52.7 Å². The molecule has 0 atom stereocenters. The summed E-state index contributed by atoms with van der Waals surface area (Å²) in [6, 6.07) is 0. The van der Waals surface area contributed by atoms with Gasteiger partial charge in [-0.05, 0) is 0 Å². The standard InChI is InChI=1S/C5H7N3O/c6-5(7)8-1-3-9-4-2-8/h1-4H,(H3,6,7). The average molecular weight is 125 g/mol. The Morgan fingerprint density at radius 1 is 1.44 bits per heavy atom. The Kier molecular flexibility index (Phi) is 1.40. The van der Waals surface area contributed by atoms with E-state index in [-0.39, 0.29) is 5.96 Å². The van der Waals surface area contributed by atoms with Crippen LogP contribution in [0.25, 0.3) is 0 Å². The van der Waals surface area contributed by atoms with Crippen LogP contribution in [0.5, 0.6) is 0 Å². The second-order valence-corrected chi connectivity index (χ2v) is 1.50. The van der Waals surface area contributed by atoms with E-state index in [2.05, 4.69) is 0 Å². The van der Waals surface area contributed by atoms with Crippen LogP contribution in [-0.4, -0.2) is 10.9 Å². The van der Waals surface area contributed by atoms with Crippen molar-refractivity contribution >= 4 is 5.96 Å². The van der Waals surface area contributed by atoms with Gasteiger partial charge in [0.25, 0.3) is 0 Å². The maximum absolute atomic E-state index is 6.93. The Morgan fingerprint density at radius 2 is 2.00 bits per heavy atom. The van der Waals surface area contributed by atoms with E-state index in [0.717, 1.165) is 0 Å². The van der Waals surface area contributed by atoms with E-state index in [1.54, 1.807) is 12.4 Å². The molecule has 0 fully saturated rings. The Hall–Kier alpha value is -1.45. The van der Waals surface area contributed by atoms with Crippen molar-refractivity contribution in [2.24, 2.45) is 5.73 Å². The molecule has 0 saturated carbocycles. The molecule has 3 N–H and O–H groups in total. The molecule has 4 heteroatoms. The van der Waals surface area contributed by atoms with Crippen molar-refractivity contribution in [2.75, 3.05) is 0 Å². The number of rotatable bonds is 0. The Morgan fingerprint density at radius 3 is 2.33 bits per heavy atom. The van der Waals surface area contributed by atoms with Crippen LogP contribution in [0, 0.1) is 5.41 Å².